The summed E-state index contributed by atoms with van der Waals surface area (Å²) in [4.78, 5) is 9.15. The minimum absolute atomic E-state index is 0.392. The summed E-state index contributed by atoms with van der Waals surface area (Å²) < 4.78 is 10.0. The molecule has 2 aromatic rings. The van der Waals surface area contributed by atoms with E-state index in [1.165, 1.54) is 5.56 Å². The number of methoxy groups -OCH3 is 2. The Bertz CT molecular complexity index is 438. The molecule has 18 heavy (non-hydrogen) atoms. The molecule has 94 valence electrons. The third kappa shape index (κ3) is 3.37. The molecule has 0 radical (unpaired) electrons. The molecule has 2 rings (SSSR count). The highest BCUT2D eigenvalue weighted by Crippen LogP contribution is 2.23. The zero-order valence-electron chi connectivity index (χ0n) is 10.3. The SMILES string of the molecule is COc1ccc(CSc2cnc(OC)nc2)cc1. The van der Waals surface area contributed by atoms with E-state index in [4.69, 9.17) is 9.47 Å². The maximum Gasteiger partial charge on any atom is 0.316 e. The van der Waals surface area contributed by atoms with Crippen molar-refractivity contribution in [3.8, 4) is 11.8 Å². The number of benzene rings is 1. The highest BCUT2D eigenvalue weighted by molar-refractivity contribution is 7.98. The van der Waals surface area contributed by atoms with E-state index in [9.17, 15) is 0 Å². The number of thioether (sulfide) groups is 1. The van der Waals surface area contributed by atoms with Crippen molar-refractivity contribution in [1.82, 2.24) is 9.97 Å². The van der Waals surface area contributed by atoms with E-state index < -0.39 is 0 Å². The molecule has 0 N–H and O–H groups in total. The minimum Gasteiger partial charge on any atom is -0.497 e. The van der Waals surface area contributed by atoms with Crippen LogP contribution in [0.2, 0.25) is 0 Å². The van der Waals surface area contributed by atoms with Crippen LogP contribution in [0.3, 0.4) is 0 Å². The second kappa shape index (κ2) is 6.26. The van der Waals surface area contributed by atoms with Crippen molar-refractivity contribution < 1.29 is 9.47 Å². The second-order valence-electron chi connectivity index (χ2n) is 3.54. The average molecular weight is 262 g/mol. The fraction of sp³-hybridized carbons (Fsp3) is 0.231. The normalized spacial score (nSPS) is 10.1. The lowest BCUT2D eigenvalue weighted by atomic mass is 10.2. The summed E-state index contributed by atoms with van der Waals surface area (Å²) in [6.07, 6.45) is 3.53. The molecule has 0 unspecified atom stereocenters. The Morgan fingerprint density at radius 1 is 1.00 bits per heavy atom. The van der Waals surface area contributed by atoms with Gasteiger partial charge in [-0.1, -0.05) is 12.1 Å². The van der Waals surface area contributed by atoms with E-state index >= 15 is 0 Å². The van der Waals surface area contributed by atoms with Gasteiger partial charge in [0.25, 0.3) is 0 Å². The zero-order chi connectivity index (χ0) is 12.8. The first kappa shape index (κ1) is 12.7. The molecule has 0 spiro atoms. The van der Waals surface area contributed by atoms with Crippen molar-refractivity contribution in [2.45, 2.75) is 10.6 Å². The van der Waals surface area contributed by atoms with Crippen LogP contribution in [0.1, 0.15) is 5.56 Å². The van der Waals surface area contributed by atoms with Crippen molar-refractivity contribution in [3.63, 3.8) is 0 Å². The van der Waals surface area contributed by atoms with Crippen molar-refractivity contribution >= 4 is 11.8 Å². The second-order valence-corrected chi connectivity index (χ2v) is 4.59. The maximum absolute atomic E-state index is 5.12. The van der Waals surface area contributed by atoms with Crippen LogP contribution in [0.4, 0.5) is 0 Å². The largest absolute Gasteiger partial charge is 0.497 e. The Morgan fingerprint density at radius 3 is 2.22 bits per heavy atom. The standard InChI is InChI=1S/C13H14N2O2S/c1-16-11-5-3-10(4-6-11)9-18-12-7-14-13(17-2)15-8-12/h3-8H,9H2,1-2H3. The molecule has 0 aliphatic carbocycles. The lowest BCUT2D eigenvalue weighted by molar-refractivity contribution is 0.378. The Hall–Kier alpha value is -1.75. The van der Waals surface area contributed by atoms with Crippen LogP contribution in [0.15, 0.2) is 41.6 Å². The fourth-order valence-electron chi connectivity index (χ4n) is 1.37. The molecule has 1 aromatic carbocycles. The van der Waals surface area contributed by atoms with Crippen LogP contribution in [0.25, 0.3) is 0 Å². The first-order valence-corrected chi connectivity index (χ1v) is 6.42. The molecule has 5 heteroatoms. The first-order valence-electron chi connectivity index (χ1n) is 5.43. The highest BCUT2D eigenvalue weighted by Gasteiger charge is 1.99. The van der Waals surface area contributed by atoms with Crippen LogP contribution < -0.4 is 9.47 Å². The molecule has 0 aliphatic heterocycles. The molecule has 4 nitrogen and oxygen atoms in total. The molecule has 0 bridgehead atoms. The molecule has 0 atom stereocenters. The van der Waals surface area contributed by atoms with E-state index in [0.29, 0.717) is 6.01 Å². The van der Waals surface area contributed by atoms with E-state index in [2.05, 4.69) is 22.1 Å². The summed E-state index contributed by atoms with van der Waals surface area (Å²) in [6, 6.07) is 8.41. The maximum atomic E-state index is 5.12. The van der Waals surface area contributed by atoms with E-state index in [0.717, 1.165) is 16.4 Å². The van der Waals surface area contributed by atoms with Gasteiger partial charge in [-0.05, 0) is 17.7 Å². The number of hydrogen-bond donors (Lipinski definition) is 0. The molecule has 0 amide bonds. The van der Waals surface area contributed by atoms with Gasteiger partial charge in [0, 0.05) is 23.0 Å². The predicted octanol–water partition coefficient (Wildman–Crippen LogP) is 2.79. The Labute approximate surface area is 110 Å². The van der Waals surface area contributed by atoms with Gasteiger partial charge in [-0.2, -0.15) is 0 Å². The monoisotopic (exact) mass is 262 g/mol. The van der Waals surface area contributed by atoms with Crippen LogP contribution in [-0.2, 0) is 5.75 Å². The van der Waals surface area contributed by atoms with Gasteiger partial charge in [-0.15, -0.1) is 11.8 Å². The average Bonchev–Trinajstić information content (AvgIpc) is 2.46. The van der Waals surface area contributed by atoms with Gasteiger partial charge in [0.05, 0.1) is 14.2 Å². The van der Waals surface area contributed by atoms with Crippen molar-refractivity contribution in [1.29, 1.82) is 0 Å². The lowest BCUT2D eigenvalue weighted by Crippen LogP contribution is -1.91. The first-order chi connectivity index (χ1) is 8.81. The number of hydrogen-bond acceptors (Lipinski definition) is 5. The fourth-order valence-corrected chi connectivity index (χ4v) is 2.15. The Morgan fingerprint density at radius 2 is 1.67 bits per heavy atom. The highest BCUT2D eigenvalue weighted by atomic mass is 32.2. The van der Waals surface area contributed by atoms with E-state index in [1.54, 1.807) is 38.4 Å². The molecule has 1 heterocycles. The third-order valence-corrected chi connectivity index (χ3v) is 3.37. The summed E-state index contributed by atoms with van der Waals surface area (Å²) in [7, 11) is 3.22. The summed E-state index contributed by atoms with van der Waals surface area (Å²) >= 11 is 1.68. The molecule has 0 saturated heterocycles. The third-order valence-electron chi connectivity index (χ3n) is 2.35. The van der Waals surface area contributed by atoms with Gasteiger partial charge < -0.3 is 9.47 Å². The topological polar surface area (TPSA) is 44.2 Å². The molecule has 0 aliphatic rings. The Kier molecular flexibility index (Phi) is 4.41. The molecule has 0 saturated carbocycles. The summed E-state index contributed by atoms with van der Waals surface area (Å²) in [6.45, 7) is 0. The van der Waals surface area contributed by atoms with Crippen LogP contribution in [0, 0.1) is 0 Å². The van der Waals surface area contributed by atoms with E-state index in [1.807, 2.05) is 12.1 Å². The molecular formula is C13H14N2O2S. The molecule has 0 fully saturated rings. The van der Waals surface area contributed by atoms with Gasteiger partial charge in [0.15, 0.2) is 0 Å². The van der Waals surface area contributed by atoms with Gasteiger partial charge >= 0.3 is 6.01 Å². The summed E-state index contributed by atoms with van der Waals surface area (Å²) in [5, 5.41) is 0. The van der Waals surface area contributed by atoms with Gasteiger partial charge in [-0.3, -0.25) is 0 Å². The lowest BCUT2D eigenvalue weighted by Gasteiger charge is -2.04. The quantitative estimate of drug-likeness (QED) is 0.775. The smallest absolute Gasteiger partial charge is 0.316 e. The van der Waals surface area contributed by atoms with Crippen molar-refractivity contribution in [3.05, 3.63) is 42.2 Å². The molecule has 1 aromatic heterocycles. The number of aromatic nitrogens is 2. The van der Waals surface area contributed by atoms with E-state index in [-0.39, 0.29) is 0 Å². The zero-order valence-corrected chi connectivity index (χ0v) is 11.1. The number of ether oxygens (including phenoxy) is 2. The van der Waals surface area contributed by atoms with Crippen LogP contribution >= 0.6 is 11.8 Å². The van der Waals surface area contributed by atoms with Crippen LogP contribution in [0.5, 0.6) is 11.8 Å². The number of nitrogens with zero attached hydrogens (tertiary/aromatic N) is 2. The molecular weight excluding hydrogens is 248 g/mol. The Balaban J connectivity index is 1.93. The van der Waals surface area contributed by atoms with Gasteiger partial charge in [0.1, 0.15) is 5.75 Å². The predicted molar refractivity (Wildman–Crippen MR) is 71.1 cm³/mol. The number of rotatable bonds is 5. The minimum atomic E-state index is 0.392. The van der Waals surface area contributed by atoms with Gasteiger partial charge in [0.2, 0.25) is 0 Å². The van der Waals surface area contributed by atoms with Crippen LogP contribution in [-0.4, -0.2) is 24.2 Å². The van der Waals surface area contributed by atoms with Gasteiger partial charge in [-0.25, -0.2) is 9.97 Å². The van der Waals surface area contributed by atoms with Crippen molar-refractivity contribution in [2.24, 2.45) is 0 Å². The summed E-state index contributed by atoms with van der Waals surface area (Å²) in [5.41, 5.74) is 1.23. The van der Waals surface area contributed by atoms with Crippen molar-refractivity contribution in [2.75, 3.05) is 14.2 Å². The summed E-state index contributed by atoms with van der Waals surface area (Å²) in [5.74, 6) is 1.75.